The van der Waals surface area contributed by atoms with Gasteiger partial charge in [-0.3, -0.25) is 4.79 Å². The van der Waals surface area contributed by atoms with Crippen molar-refractivity contribution in [3.05, 3.63) is 71.3 Å². The van der Waals surface area contributed by atoms with E-state index in [-0.39, 0.29) is 17.6 Å². The zero-order valence-electron chi connectivity index (χ0n) is 13.0. The average Bonchev–Trinajstić information content (AvgIpc) is 2.51. The van der Waals surface area contributed by atoms with Gasteiger partial charge in [0.05, 0.1) is 0 Å². The number of nitrogens with two attached hydrogens (primary N) is 1. The van der Waals surface area contributed by atoms with Crippen molar-refractivity contribution in [2.75, 3.05) is 0 Å². The van der Waals surface area contributed by atoms with Crippen molar-refractivity contribution >= 4 is 5.97 Å². The van der Waals surface area contributed by atoms with Gasteiger partial charge in [-0.25, -0.2) is 8.78 Å². The quantitative estimate of drug-likeness (QED) is 0.860. The fourth-order valence-electron chi connectivity index (χ4n) is 2.43. The molecule has 3 nitrogen and oxygen atoms in total. The molecule has 0 aliphatic heterocycles. The van der Waals surface area contributed by atoms with Crippen LogP contribution >= 0.6 is 0 Å². The van der Waals surface area contributed by atoms with Crippen LogP contribution in [0.5, 0.6) is 0 Å². The number of halogens is 2. The Labute approximate surface area is 134 Å². The number of esters is 1. The first-order valence-electron chi connectivity index (χ1n) is 7.35. The highest BCUT2D eigenvalue weighted by Gasteiger charge is 2.26. The van der Waals surface area contributed by atoms with Gasteiger partial charge in [0.25, 0.3) is 0 Å². The third kappa shape index (κ3) is 4.36. The summed E-state index contributed by atoms with van der Waals surface area (Å²) >= 11 is 0. The van der Waals surface area contributed by atoms with Gasteiger partial charge < -0.3 is 10.5 Å². The number of carbonyl (C=O) groups excluding carboxylic acids is 1. The van der Waals surface area contributed by atoms with Crippen molar-refractivity contribution in [3.8, 4) is 0 Å². The number of ether oxygens (including phenoxy) is 1. The van der Waals surface area contributed by atoms with Crippen LogP contribution in [0.2, 0.25) is 0 Å². The van der Waals surface area contributed by atoms with Gasteiger partial charge in [0, 0.05) is 5.92 Å². The number of hydrogen-bond donors (Lipinski definition) is 1. The molecule has 5 heteroatoms. The second-order valence-electron chi connectivity index (χ2n) is 5.51. The summed E-state index contributed by atoms with van der Waals surface area (Å²) < 4.78 is 31.7. The Morgan fingerprint density at radius 3 is 1.65 bits per heavy atom. The molecule has 0 amide bonds. The normalized spacial score (nSPS) is 13.7. The Hall–Kier alpha value is -2.27. The molecule has 0 radical (unpaired) electrons. The molecule has 2 rings (SSSR count). The Morgan fingerprint density at radius 1 is 0.913 bits per heavy atom. The van der Waals surface area contributed by atoms with Crippen molar-refractivity contribution in [3.63, 3.8) is 0 Å². The van der Waals surface area contributed by atoms with E-state index >= 15 is 0 Å². The molecule has 2 aromatic rings. The molecular formula is C18H19F2NO2. The molecule has 23 heavy (non-hydrogen) atoms. The predicted octanol–water partition coefficient (Wildman–Crippen LogP) is 3.38. The van der Waals surface area contributed by atoms with Crippen LogP contribution in [-0.4, -0.2) is 18.1 Å². The summed E-state index contributed by atoms with van der Waals surface area (Å²) in [7, 11) is 0. The lowest BCUT2D eigenvalue weighted by Gasteiger charge is -2.26. The number of carbonyl (C=O) groups is 1. The molecule has 2 atom stereocenters. The molecule has 0 aliphatic rings. The van der Waals surface area contributed by atoms with Gasteiger partial charge >= 0.3 is 5.97 Å². The molecule has 0 heterocycles. The van der Waals surface area contributed by atoms with Crippen LogP contribution < -0.4 is 5.73 Å². The predicted molar refractivity (Wildman–Crippen MR) is 83.8 cm³/mol. The molecule has 0 aromatic heterocycles. The van der Waals surface area contributed by atoms with Crippen LogP contribution in [0.15, 0.2) is 48.5 Å². The number of benzene rings is 2. The summed E-state index contributed by atoms with van der Waals surface area (Å²) in [6.45, 7) is 3.28. The van der Waals surface area contributed by atoms with Crippen molar-refractivity contribution in [1.29, 1.82) is 0 Å². The first-order valence-corrected chi connectivity index (χ1v) is 7.35. The SMILES string of the molecule is C[C@H](N)C(=O)O[C@H](C)C(c1ccc(F)cc1)c1ccc(F)cc1. The van der Waals surface area contributed by atoms with Crippen LogP contribution in [0, 0.1) is 11.6 Å². The van der Waals surface area contributed by atoms with Crippen LogP contribution in [0.4, 0.5) is 8.78 Å². The lowest BCUT2D eigenvalue weighted by Crippen LogP contribution is -2.33. The second-order valence-corrected chi connectivity index (χ2v) is 5.51. The van der Waals surface area contributed by atoms with Crippen molar-refractivity contribution < 1.29 is 18.3 Å². The fraction of sp³-hybridized carbons (Fsp3) is 0.278. The molecule has 0 fully saturated rings. The Kier molecular flexibility index (Phi) is 5.45. The maximum absolute atomic E-state index is 13.2. The van der Waals surface area contributed by atoms with Gasteiger partial charge in [0.2, 0.25) is 0 Å². The van der Waals surface area contributed by atoms with Gasteiger partial charge in [-0.15, -0.1) is 0 Å². The molecule has 122 valence electrons. The van der Waals surface area contributed by atoms with Gasteiger partial charge in [-0.05, 0) is 49.2 Å². The molecule has 0 saturated heterocycles. The first kappa shape index (κ1) is 17.1. The zero-order valence-corrected chi connectivity index (χ0v) is 13.0. The largest absolute Gasteiger partial charge is 0.461 e. The monoisotopic (exact) mass is 319 g/mol. The van der Waals surface area contributed by atoms with Gasteiger partial charge in [-0.1, -0.05) is 24.3 Å². The molecule has 0 spiro atoms. The van der Waals surface area contributed by atoms with E-state index in [0.717, 1.165) is 11.1 Å². The minimum absolute atomic E-state index is 0.348. The van der Waals surface area contributed by atoms with Gasteiger partial charge in [-0.2, -0.15) is 0 Å². The van der Waals surface area contributed by atoms with Crippen LogP contribution in [0.1, 0.15) is 30.9 Å². The third-order valence-electron chi connectivity index (χ3n) is 3.60. The molecule has 0 bridgehead atoms. The maximum atomic E-state index is 13.2. The van der Waals surface area contributed by atoms with Crippen LogP contribution in [0.3, 0.4) is 0 Å². The van der Waals surface area contributed by atoms with E-state index in [9.17, 15) is 13.6 Å². The van der Waals surface area contributed by atoms with Crippen molar-refractivity contribution in [2.45, 2.75) is 31.9 Å². The first-order chi connectivity index (χ1) is 10.9. The van der Waals surface area contributed by atoms with Gasteiger partial charge in [0.1, 0.15) is 23.8 Å². The van der Waals surface area contributed by atoms with Crippen LogP contribution in [0.25, 0.3) is 0 Å². The Morgan fingerprint density at radius 2 is 1.30 bits per heavy atom. The summed E-state index contributed by atoms with van der Waals surface area (Å²) in [5.41, 5.74) is 7.06. The summed E-state index contributed by atoms with van der Waals surface area (Å²) in [6.07, 6.45) is -0.538. The van der Waals surface area contributed by atoms with E-state index in [0.29, 0.717) is 0 Å². The van der Waals surface area contributed by atoms with E-state index in [1.165, 1.54) is 24.3 Å². The standard InChI is InChI=1S/C18H19F2NO2/c1-11(21)18(22)23-12(2)17(13-3-7-15(19)8-4-13)14-5-9-16(20)10-6-14/h3-12,17H,21H2,1-2H3/t11-,12+/m0/s1. The van der Waals surface area contributed by atoms with E-state index in [2.05, 4.69) is 0 Å². The highest BCUT2D eigenvalue weighted by Crippen LogP contribution is 2.30. The topological polar surface area (TPSA) is 52.3 Å². The third-order valence-corrected chi connectivity index (χ3v) is 3.60. The lowest BCUT2D eigenvalue weighted by atomic mass is 9.87. The zero-order chi connectivity index (χ0) is 17.0. The van der Waals surface area contributed by atoms with E-state index < -0.39 is 18.1 Å². The highest BCUT2D eigenvalue weighted by molar-refractivity contribution is 5.75. The molecular weight excluding hydrogens is 300 g/mol. The van der Waals surface area contributed by atoms with Gasteiger partial charge in [0.15, 0.2) is 0 Å². The molecule has 2 aromatic carbocycles. The van der Waals surface area contributed by atoms with Crippen molar-refractivity contribution in [1.82, 2.24) is 0 Å². The van der Waals surface area contributed by atoms with Crippen LogP contribution in [-0.2, 0) is 9.53 Å². The minimum atomic E-state index is -0.737. The average molecular weight is 319 g/mol. The molecule has 0 saturated carbocycles. The maximum Gasteiger partial charge on any atom is 0.322 e. The Balaban J connectivity index is 2.36. The summed E-state index contributed by atoms with van der Waals surface area (Å²) in [4.78, 5) is 11.8. The molecule has 0 aliphatic carbocycles. The smallest absolute Gasteiger partial charge is 0.322 e. The second kappa shape index (κ2) is 7.33. The fourth-order valence-corrected chi connectivity index (χ4v) is 2.43. The number of hydrogen-bond acceptors (Lipinski definition) is 3. The van der Waals surface area contributed by atoms with E-state index in [4.69, 9.17) is 10.5 Å². The lowest BCUT2D eigenvalue weighted by molar-refractivity contribution is -0.149. The minimum Gasteiger partial charge on any atom is -0.461 e. The summed E-state index contributed by atoms with van der Waals surface area (Å²) in [5.74, 6) is -1.58. The Bertz CT molecular complexity index is 608. The van der Waals surface area contributed by atoms with Crippen molar-refractivity contribution in [2.24, 2.45) is 5.73 Å². The summed E-state index contributed by atoms with van der Waals surface area (Å²) in [6, 6.07) is 11.1. The van der Waals surface area contributed by atoms with E-state index in [1.54, 1.807) is 38.1 Å². The molecule has 2 N–H and O–H groups in total. The highest BCUT2D eigenvalue weighted by atomic mass is 19.1. The molecule has 0 unspecified atom stereocenters. The van der Waals surface area contributed by atoms with E-state index in [1.807, 2.05) is 0 Å². The number of rotatable bonds is 5. The summed E-state index contributed by atoms with van der Waals surface area (Å²) in [5, 5.41) is 0.